The lowest BCUT2D eigenvalue weighted by molar-refractivity contribution is 0.397. The Labute approximate surface area is 103 Å². The third kappa shape index (κ3) is 4.97. The van der Waals surface area contributed by atoms with Crippen molar-refractivity contribution in [3.8, 4) is 5.88 Å². The van der Waals surface area contributed by atoms with Crippen LogP contribution in [0.15, 0.2) is 31.0 Å². The van der Waals surface area contributed by atoms with Crippen LogP contribution in [0.5, 0.6) is 5.88 Å². The van der Waals surface area contributed by atoms with Crippen molar-refractivity contribution in [2.75, 3.05) is 7.11 Å². The van der Waals surface area contributed by atoms with Crippen molar-refractivity contribution in [2.45, 2.75) is 31.7 Å². The maximum absolute atomic E-state index is 5.54. The SMILES string of the molecule is C=CCCCC(Cc1ccc(OC)nc1)NN. The first kappa shape index (κ1) is 13.7. The Morgan fingerprint density at radius 1 is 1.59 bits per heavy atom. The molecule has 0 amide bonds. The lowest BCUT2D eigenvalue weighted by Gasteiger charge is -2.15. The van der Waals surface area contributed by atoms with Gasteiger partial charge >= 0.3 is 0 Å². The Morgan fingerprint density at radius 3 is 2.94 bits per heavy atom. The molecule has 94 valence electrons. The number of nitrogens with one attached hydrogen (secondary N) is 1. The van der Waals surface area contributed by atoms with Gasteiger partial charge in [0.1, 0.15) is 0 Å². The van der Waals surface area contributed by atoms with Gasteiger partial charge in [-0.2, -0.15) is 0 Å². The quantitative estimate of drug-likeness (QED) is 0.312. The molecule has 0 aromatic carbocycles. The van der Waals surface area contributed by atoms with E-state index in [0.717, 1.165) is 31.2 Å². The molecule has 0 aliphatic heterocycles. The molecule has 0 fully saturated rings. The number of hydrazine groups is 1. The number of methoxy groups -OCH3 is 1. The van der Waals surface area contributed by atoms with E-state index in [4.69, 9.17) is 10.6 Å². The maximum atomic E-state index is 5.54. The van der Waals surface area contributed by atoms with E-state index in [0.29, 0.717) is 5.88 Å². The lowest BCUT2D eigenvalue weighted by atomic mass is 10.0. The van der Waals surface area contributed by atoms with Gasteiger partial charge < -0.3 is 4.74 Å². The fourth-order valence-electron chi connectivity index (χ4n) is 1.69. The van der Waals surface area contributed by atoms with E-state index in [-0.39, 0.29) is 6.04 Å². The van der Waals surface area contributed by atoms with Crippen LogP contribution in [0.3, 0.4) is 0 Å². The summed E-state index contributed by atoms with van der Waals surface area (Å²) < 4.78 is 5.02. The number of ether oxygens (including phenoxy) is 1. The molecule has 1 rings (SSSR count). The van der Waals surface area contributed by atoms with Crippen LogP contribution < -0.4 is 16.0 Å². The number of hydrogen-bond acceptors (Lipinski definition) is 4. The van der Waals surface area contributed by atoms with Crippen molar-refractivity contribution in [2.24, 2.45) is 5.84 Å². The molecule has 0 radical (unpaired) electrons. The van der Waals surface area contributed by atoms with Gasteiger partial charge in [-0.15, -0.1) is 6.58 Å². The van der Waals surface area contributed by atoms with E-state index in [1.165, 1.54) is 0 Å². The van der Waals surface area contributed by atoms with Gasteiger partial charge in [0, 0.05) is 18.3 Å². The highest BCUT2D eigenvalue weighted by molar-refractivity contribution is 5.18. The molecule has 4 nitrogen and oxygen atoms in total. The summed E-state index contributed by atoms with van der Waals surface area (Å²) in [4.78, 5) is 4.17. The van der Waals surface area contributed by atoms with Gasteiger partial charge in [-0.25, -0.2) is 4.98 Å². The van der Waals surface area contributed by atoms with Gasteiger partial charge in [-0.05, 0) is 31.2 Å². The summed E-state index contributed by atoms with van der Waals surface area (Å²) in [5.41, 5.74) is 4.00. The molecule has 1 heterocycles. The van der Waals surface area contributed by atoms with Crippen molar-refractivity contribution in [3.63, 3.8) is 0 Å². The Hall–Kier alpha value is -1.39. The third-order valence-electron chi connectivity index (χ3n) is 2.69. The second-order valence-electron chi connectivity index (χ2n) is 4.00. The summed E-state index contributed by atoms with van der Waals surface area (Å²) in [7, 11) is 1.61. The molecule has 1 aromatic heterocycles. The Balaban J connectivity index is 2.45. The summed E-state index contributed by atoms with van der Waals surface area (Å²) in [6, 6.07) is 4.17. The van der Waals surface area contributed by atoms with Gasteiger partial charge in [0.2, 0.25) is 5.88 Å². The van der Waals surface area contributed by atoms with E-state index >= 15 is 0 Å². The molecule has 0 aliphatic carbocycles. The molecule has 4 heteroatoms. The molecule has 0 bridgehead atoms. The Bertz CT molecular complexity index is 324. The van der Waals surface area contributed by atoms with Crippen LogP contribution in [0.2, 0.25) is 0 Å². The van der Waals surface area contributed by atoms with E-state index in [9.17, 15) is 0 Å². The molecule has 0 saturated heterocycles. The molecule has 3 N–H and O–H groups in total. The van der Waals surface area contributed by atoms with E-state index in [2.05, 4.69) is 17.0 Å². The monoisotopic (exact) mass is 235 g/mol. The molecule has 17 heavy (non-hydrogen) atoms. The van der Waals surface area contributed by atoms with Crippen LogP contribution >= 0.6 is 0 Å². The van der Waals surface area contributed by atoms with Gasteiger partial charge in [0.25, 0.3) is 0 Å². The average Bonchev–Trinajstić information content (AvgIpc) is 2.38. The molecular weight excluding hydrogens is 214 g/mol. The highest BCUT2D eigenvalue weighted by atomic mass is 16.5. The van der Waals surface area contributed by atoms with E-state index < -0.39 is 0 Å². The van der Waals surface area contributed by atoms with E-state index in [1.807, 2.05) is 24.4 Å². The van der Waals surface area contributed by atoms with Crippen LogP contribution in [-0.2, 0) is 6.42 Å². The Morgan fingerprint density at radius 2 is 2.41 bits per heavy atom. The average molecular weight is 235 g/mol. The molecule has 1 aromatic rings. The zero-order valence-electron chi connectivity index (χ0n) is 10.4. The molecule has 1 unspecified atom stereocenters. The zero-order chi connectivity index (χ0) is 12.5. The van der Waals surface area contributed by atoms with Gasteiger partial charge in [-0.3, -0.25) is 11.3 Å². The van der Waals surface area contributed by atoms with Crippen molar-refractivity contribution in [1.82, 2.24) is 10.4 Å². The predicted molar refractivity (Wildman–Crippen MR) is 69.7 cm³/mol. The number of allylic oxidation sites excluding steroid dienone is 1. The summed E-state index contributed by atoms with van der Waals surface area (Å²) in [6.45, 7) is 3.71. The summed E-state index contributed by atoms with van der Waals surface area (Å²) >= 11 is 0. The fraction of sp³-hybridized carbons (Fsp3) is 0.462. The van der Waals surface area contributed by atoms with Crippen LogP contribution in [-0.4, -0.2) is 18.1 Å². The van der Waals surface area contributed by atoms with Crippen LogP contribution in [0.25, 0.3) is 0 Å². The molecular formula is C13H21N3O. The summed E-state index contributed by atoms with van der Waals surface area (Å²) in [5, 5.41) is 0. The lowest BCUT2D eigenvalue weighted by Crippen LogP contribution is -2.36. The number of unbranched alkanes of at least 4 members (excludes halogenated alkanes) is 1. The smallest absolute Gasteiger partial charge is 0.212 e. The number of nitrogens with two attached hydrogens (primary N) is 1. The fourth-order valence-corrected chi connectivity index (χ4v) is 1.69. The molecule has 1 atom stereocenters. The summed E-state index contributed by atoms with van der Waals surface area (Å²) in [5.74, 6) is 6.17. The number of aromatic nitrogens is 1. The largest absolute Gasteiger partial charge is 0.481 e. The van der Waals surface area contributed by atoms with Crippen molar-refractivity contribution < 1.29 is 4.74 Å². The zero-order valence-corrected chi connectivity index (χ0v) is 10.4. The first-order chi connectivity index (χ1) is 8.30. The number of pyridine rings is 1. The first-order valence-corrected chi connectivity index (χ1v) is 5.86. The Kier molecular flexibility index (Phi) is 6.29. The number of hydrogen-bond donors (Lipinski definition) is 2. The third-order valence-corrected chi connectivity index (χ3v) is 2.69. The highest BCUT2D eigenvalue weighted by Gasteiger charge is 2.07. The topological polar surface area (TPSA) is 60.2 Å². The van der Waals surface area contributed by atoms with Crippen LogP contribution in [0.4, 0.5) is 0 Å². The minimum atomic E-state index is 0.283. The second kappa shape index (κ2) is 7.81. The normalized spacial score (nSPS) is 12.1. The predicted octanol–water partition coefficient (Wildman–Crippen LogP) is 1.82. The second-order valence-corrected chi connectivity index (χ2v) is 4.00. The van der Waals surface area contributed by atoms with Crippen molar-refractivity contribution in [3.05, 3.63) is 36.5 Å². The molecule has 0 aliphatic rings. The molecule has 0 saturated carbocycles. The van der Waals surface area contributed by atoms with Crippen molar-refractivity contribution >= 4 is 0 Å². The minimum absolute atomic E-state index is 0.283. The van der Waals surface area contributed by atoms with Gasteiger partial charge in [0.15, 0.2) is 0 Å². The highest BCUT2D eigenvalue weighted by Crippen LogP contribution is 2.11. The molecule has 0 spiro atoms. The van der Waals surface area contributed by atoms with E-state index in [1.54, 1.807) is 7.11 Å². The summed E-state index contributed by atoms with van der Waals surface area (Å²) in [6.07, 6.45) is 7.80. The van der Waals surface area contributed by atoms with Crippen LogP contribution in [0.1, 0.15) is 24.8 Å². The number of nitrogens with zero attached hydrogens (tertiary/aromatic N) is 1. The van der Waals surface area contributed by atoms with Gasteiger partial charge in [0.05, 0.1) is 7.11 Å². The van der Waals surface area contributed by atoms with Crippen molar-refractivity contribution in [1.29, 1.82) is 0 Å². The maximum Gasteiger partial charge on any atom is 0.212 e. The van der Waals surface area contributed by atoms with Gasteiger partial charge in [-0.1, -0.05) is 12.1 Å². The standard InChI is InChI=1S/C13H21N3O/c1-3-4-5-6-12(16-14)9-11-7-8-13(17-2)15-10-11/h3,7-8,10,12,16H,1,4-6,9,14H2,2H3. The minimum Gasteiger partial charge on any atom is -0.481 e. The van der Waals surface area contributed by atoms with Crippen LogP contribution in [0, 0.1) is 0 Å². The number of rotatable bonds is 8. The first-order valence-electron chi connectivity index (χ1n) is 5.86.